The Labute approximate surface area is 121 Å². The van der Waals surface area contributed by atoms with Crippen molar-refractivity contribution in [1.29, 1.82) is 0 Å². The van der Waals surface area contributed by atoms with Crippen LogP contribution in [-0.2, 0) is 6.42 Å². The molecule has 3 rings (SSSR count). The number of rotatable bonds is 3. The van der Waals surface area contributed by atoms with Crippen LogP contribution >= 0.6 is 0 Å². The van der Waals surface area contributed by atoms with Crippen molar-refractivity contribution >= 4 is 0 Å². The normalized spacial score (nSPS) is 24.9. The number of hydrogen-bond acceptors (Lipinski definition) is 3. The molecule has 2 unspecified atom stereocenters. The quantitative estimate of drug-likeness (QED) is 0.916. The third-order valence-electron chi connectivity index (χ3n) is 4.21. The van der Waals surface area contributed by atoms with Crippen LogP contribution in [0.5, 0.6) is 11.5 Å². The van der Waals surface area contributed by atoms with Gasteiger partial charge in [-0.05, 0) is 55.5 Å². The molecule has 1 aliphatic heterocycles. The zero-order valence-corrected chi connectivity index (χ0v) is 12.6. The smallest absolute Gasteiger partial charge is 0.161 e. The molecule has 3 heteroatoms. The molecule has 1 heterocycles. The van der Waals surface area contributed by atoms with Gasteiger partial charge in [0.1, 0.15) is 0 Å². The van der Waals surface area contributed by atoms with E-state index < -0.39 is 0 Å². The van der Waals surface area contributed by atoms with Gasteiger partial charge in [0.2, 0.25) is 0 Å². The second kappa shape index (κ2) is 6.04. The van der Waals surface area contributed by atoms with E-state index in [1.165, 1.54) is 30.4 Å². The molecule has 0 aromatic heterocycles. The van der Waals surface area contributed by atoms with Crippen molar-refractivity contribution in [3.05, 3.63) is 23.3 Å². The van der Waals surface area contributed by atoms with E-state index in [1.807, 2.05) is 0 Å². The first-order chi connectivity index (χ1) is 9.78. The SMILES string of the molecule is CCCNC1CCCc2cc3c(cc21)OCC(C)CO3. The van der Waals surface area contributed by atoms with Gasteiger partial charge in [0.05, 0.1) is 13.2 Å². The second-order valence-corrected chi connectivity index (χ2v) is 6.12. The zero-order valence-electron chi connectivity index (χ0n) is 12.6. The number of ether oxygens (including phenoxy) is 2. The first-order valence-corrected chi connectivity index (χ1v) is 7.93. The Morgan fingerprint density at radius 2 is 1.95 bits per heavy atom. The van der Waals surface area contributed by atoms with Crippen molar-refractivity contribution < 1.29 is 9.47 Å². The maximum atomic E-state index is 5.93. The van der Waals surface area contributed by atoms with Gasteiger partial charge in [-0.2, -0.15) is 0 Å². The number of hydrogen-bond donors (Lipinski definition) is 1. The van der Waals surface area contributed by atoms with E-state index in [2.05, 4.69) is 31.3 Å². The molecule has 0 saturated heterocycles. The van der Waals surface area contributed by atoms with Crippen molar-refractivity contribution in [3.63, 3.8) is 0 Å². The van der Waals surface area contributed by atoms with Crippen molar-refractivity contribution in [2.24, 2.45) is 5.92 Å². The summed E-state index contributed by atoms with van der Waals surface area (Å²) in [5.41, 5.74) is 2.85. The number of benzene rings is 1. The Morgan fingerprint density at radius 3 is 2.70 bits per heavy atom. The molecular formula is C17H25NO2. The van der Waals surface area contributed by atoms with Crippen LogP contribution in [0.15, 0.2) is 12.1 Å². The highest BCUT2D eigenvalue weighted by atomic mass is 16.5. The van der Waals surface area contributed by atoms with Gasteiger partial charge in [-0.15, -0.1) is 0 Å². The van der Waals surface area contributed by atoms with Gasteiger partial charge in [0.15, 0.2) is 11.5 Å². The maximum absolute atomic E-state index is 5.93. The molecular weight excluding hydrogens is 250 g/mol. The van der Waals surface area contributed by atoms with E-state index in [0.717, 1.165) is 37.7 Å². The zero-order chi connectivity index (χ0) is 13.9. The monoisotopic (exact) mass is 275 g/mol. The summed E-state index contributed by atoms with van der Waals surface area (Å²) < 4.78 is 11.8. The van der Waals surface area contributed by atoms with Crippen LogP contribution in [0.4, 0.5) is 0 Å². The largest absolute Gasteiger partial charge is 0.489 e. The summed E-state index contributed by atoms with van der Waals surface area (Å²) in [4.78, 5) is 0. The third kappa shape index (κ3) is 2.78. The fraction of sp³-hybridized carbons (Fsp3) is 0.647. The summed E-state index contributed by atoms with van der Waals surface area (Å²) in [6.07, 6.45) is 4.81. The van der Waals surface area contributed by atoms with E-state index in [1.54, 1.807) is 0 Å². The van der Waals surface area contributed by atoms with Gasteiger partial charge < -0.3 is 14.8 Å². The highest BCUT2D eigenvalue weighted by Crippen LogP contribution is 2.39. The van der Waals surface area contributed by atoms with Crippen LogP contribution in [0.25, 0.3) is 0 Å². The van der Waals surface area contributed by atoms with Crippen LogP contribution in [0, 0.1) is 5.92 Å². The molecule has 1 aromatic carbocycles. The Balaban J connectivity index is 1.89. The van der Waals surface area contributed by atoms with Crippen LogP contribution in [0.1, 0.15) is 50.3 Å². The van der Waals surface area contributed by atoms with E-state index in [0.29, 0.717) is 12.0 Å². The molecule has 0 spiro atoms. The van der Waals surface area contributed by atoms with Gasteiger partial charge in [-0.3, -0.25) is 0 Å². The molecule has 0 radical (unpaired) electrons. The molecule has 2 atom stereocenters. The van der Waals surface area contributed by atoms with Gasteiger partial charge in [0.25, 0.3) is 0 Å². The van der Waals surface area contributed by atoms with Gasteiger partial charge in [0, 0.05) is 12.0 Å². The molecule has 1 aromatic rings. The Morgan fingerprint density at radius 1 is 1.20 bits per heavy atom. The summed E-state index contributed by atoms with van der Waals surface area (Å²) in [5, 5.41) is 3.66. The molecule has 0 bridgehead atoms. The van der Waals surface area contributed by atoms with Gasteiger partial charge in [-0.1, -0.05) is 13.8 Å². The summed E-state index contributed by atoms with van der Waals surface area (Å²) in [7, 11) is 0. The van der Waals surface area contributed by atoms with Crippen LogP contribution < -0.4 is 14.8 Å². The minimum absolute atomic E-state index is 0.452. The standard InChI is InChI=1S/C17H25NO2/c1-3-7-18-15-6-4-5-13-8-16-17(9-14(13)15)20-11-12(2)10-19-16/h8-9,12,15,18H,3-7,10-11H2,1-2H3. The molecule has 2 aliphatic rings. The fourth-order valence-electron chi connectivity index (χ4n) is 3.08. The summed E-state index contributed by atoms with van der Waals surface area (Å²) in [6, 6.07) is 4.91. The van der Waals surface area contributed by atoms with Crippen molar-refractivity contribution in [2.45, 2.75) is 45.6 Å². The fourth-order valence-corrected chi connectivity index (χ4v) is 3.08. The van der Waals surface area contributed by atoms with E-state index in [4.69, 9.17) is 9.47 Å². The van der Waals surface area contributed by atoms with Crippen LogP contribution in [-0.4, -0.2) is 19.8 Å². The molecule has 3 nitrogen and oxygen atoms in total. The van der Waals surface area contributed by atoms with Gasteiger partial charge in [-0.25, -0.2) is 0 Å². The lowest BCUT2D eigenvalue weighted by molar-refractivity contribution is 0.228. The highest BCUT2D eigenvalue weighted by Gasteiger charge is 2.24. The molecule has 110 valence electrons. The van der Waals surface area contributed by atoms with E-state index in [-0.39, 0.29) is 0 Å². The molecule has 1 aliphatic carbocycles. The first kappa shape index (κ1) is 13.7. The topological polar surface area (TPSA) is 30.5 Å². The lowest BCUT2D eigenvalue weighted by Crippen LogP contribution is -2.25. The molecule has 0 saturated carbocycles. The number of fused-ring (bicyclic) bond motifs is 2. The minimum atomic E-state index is 0.452. The lowest BCUT2D eigenvalue weighted by atomic mass is 9.87. The van der Waals surface area contributed by atoms with Crippen molar-refractivity contribution in [3.8, 4) is 11.5 Å². The van der Waals surface area contributed by atoms with Gasteiger partial charge >= 0.3 is 0 Å². The molecule has 0 fully saturated rings. The van der Waals surface area contributed by atoms with Crippen molar-refractivity contribution in [2.75, 3.05) is 19.8 Å². The number of nitrogens with one attached hydrogen (secondary N) is 1. The average molecular weight is 275 g/mol. The first-order valence-electron chi connectivity index (χ1n) is 7.93. The van der Waals surface area contributed by atoms with E-state index in [9.17, 15) is 0 Å². The molecule has 1 N–H and O–H groups in total. The summed E-state index contributed by atoms with van der Waals surface area (Å²) in [5.74, 6) is 2.32. The molecule has 20 heavy (non-hydrogen) atoms. The van der Waals surface area contributed by atoms with Crippen LogP contribution in [0.2, 0.25) is 0 Å². The molecule has 0 amide bonds. The highest BCUT2D eigenvalue weighted by molar-refractivity contribution is 5.49. The van der Waals surface area contributed by atoms with E-state index >= 15 is 0 Å². The lowest BCUT2D eigenvalue weighted by Gasteiger charge is -2.27. The number of aryl methyl sites for hydroxylation is 1. The predicted octanol–water partition coefficient (Wildman–Crippen LogP) is 3.47. The Bertz CT molecular complexity index is 472. The summed E-state index contributed by atoms with van der Waals surface area (Å²) in [6.45, 7) is 6.96. The second-order valence-electron chi connectivity index (χ2n) is 6.12. The van der Waals surface area contributed by atoms with Crippen LogP contribution in [0.3, 0.4) is 0 Å². The summed E-state index contributed by atoms with van der Waals surface area (Å²) >= 11 is 0. The third-order valence-corrected chi connectivity index (χ3v) is 4.21. The maximum Gasteiger partial charge on any atom is 0.161 e. The Kier molecular flexibility index (Phi) is 4.16. The predicted molar refractivity (Wildman–Crippen MR) is 80.6 cm³/mol. The van der Waals surface area contributed by atoms with Crippen molar-refractivity contribution in [1.82, 2.24) is 5.32 Å². The average Bonchev–Trinajstić information content (AvgIpc) is 2.65. The Hall–Kier alpha value is -1.22. The minimum Gasteiger partial charge on any atom is -0.489 e.